The fraction of sp³-hybridized carbons (Fsp3) is 0.750. The molecule has 5 heteroatoms. The van der Waals surface area contributed by atoms with Gasteiger partial charge in [-0.15, -0.1) is 11.3 Å². The van der Waals surface area contributed by atoms with Crippen molar-refractivity contribution in [1.82, 2.24) is 20.1 Å². The molecule has 0 amide bonds. The number of nitrogens with one attached hydrogen (secondary N) is 1. The third-order valence-corrected chi connectivity index (χ3v) is 4.08. The molecular formula is C12H22N4S. The number of hydrogen-bond acceptors (Lipinski definition) is 5. The van der Waals surface area contributed by atoms with E-state index >= 15 is 0 Å². The van der Waals surface area contributed by atoms with Crippen LogP contribution in [0, 0.1) is 6.92 Å². The Morgan fingerprint density at radius 2 is 2.12 bits per heavy atom. The first kappa shape index (κ1) is 13.0. The molecule has 17 heavy (non-hydrogen) atoms. The Labute approximate surface area is 108 Å². The first-order valence-corrected chi connectivity index (χ1v) is 7.08. The summed E-state index contributed by atoms with van der Waals surface area (Å²) in [5.41, 5.74) is 0. The summed E-state index contributed by atoms with van der Waals surface area (Å²) in [6.45, 7) is 10.1. The summed E-state index contributed by atoms with van der Waals surface area (Å²) >= 11 is 1.78. The molecule has 1 aromatic rings. The van der Waals surface area contributed by atoms with Crippen molar-refractivity contribution >= 4 is 11.3 Å². The maximum Gasteiger partial charge on any atom is 0.0897 e. The maximum atomic E-state index is 4.26. The summed E-state index contributed by atoms with van der Waals surface area (Å²) in [5.74, 6) is 0. The van der Waals surface area contributed by atoms with E-state index in [4.69, 9.17) is 0 Å². The lowest BCUT2D eigenvalue weighted by Crippen LogP contribution is -2.46. The largest absolute Gasteiger partial charge is 0.311 e. The van der Waals surface area contributed by atoms with E-state index in [1.165, 1.54) is 31.1 Å². The second-order valence-electron chi connectivity index (χ2n) is 4.67. The van der Waals surface area contributed by atoms with E-state index < -0.39 is 0 Å². The highest BCUT2D eigenvalue weighted by molar-refractivity contribution is 7.11. The van der Waals surface area contributed by atoms with Gasteiger partial charge in [-0.05, 0) is 14.0 Å². The first-order chi connectivity index (χ1) is 8.24. The Morgan fingerprint density at radius 1 is 1.35 bits per heavy atom. The van der Waals surface area contributed by atoms with E-state index in [0.29, 0.717) is 0 Å². The van der Waals surface area contributed by atoms with Gasteiger partial charge < -0.3 is 10.2 Å². The van der Waals surface area contributed by atoms with E-state index in [-0.39, 0.29) is 0 Å². The molecule has 0 aromatic carbocycles. The zero-order chi connectivity index (χ0) is 12.1. The van der Waals surface area contributed by atoms with Gasteiger partial charge in [-0.1, -0.05) is 0 Å². The maximum absolute atomic E-state index is 4.26. The monoisotopic (exact) mass is 254 g/mol. The van der Waals surface area contributed by atoms with Crippen molar-refractivity contribution in [3.8, 4) is 0 Å². The molecule has 0 radical (unpaired) electrons. The van der Waals surface area contributed by atoms with E-state index in [0.717, 1.165) is 24.6 Å². The third kappa shape index (κ3) is 4.35. The van der Waals surface area contributed by atoms with Gasteiger partial charge in [0.15, 0.2) is 0 Å². The number of piperazine rings is 1. The first-order valence-electron chi connectivity index (χ1n) is 6.27. The topological polar surface area (TPSA) is 31.4 Å². The Bertz CT molecular complexity index is 331. The van der Waals surface area contributed by atoms with Gasteiger partial charge in [-0.2, -0.15) is 0 Å². The van der Waals surface area contributed by atoms with Crippen molar-refractivity contribution in [3.05, 3.63) is 16.1 Å². The SMILES string of the molecule is Cc1ncc(CNCCN2CCN(C)CC2)s1. The van der Waals surface area contributed by atoms with Crippen LogP contribution in [0.25, 0.3) is 0 Å². The molecule has 0 spiro atoms. The molecular weight excluding hydrogens is 232 g/mol. The van der Waals surface area contributed by atoms with Crippen molar-refractivity contribution in [3.63, 3.8) is 0 Å². The van der Waals surface area contributed by atoms with Gasteiger partial charge in [0.05, 0.1) is 5.01 Å². The number of aryl methyl sites for hydroxylation is 1. The molecule has 4 nitrogen and oxygen atoms in total. The van der Waals surface area contributed by atoms with Gasteiger partial charge in [0.1, 0.15) is 0 Å². The number of nitrogens with zero attached hydrogens (tertiary/aromatic N) is 3. The number of rotatable bonds is 5. The Balaban J connectivity index is 1.57. The van der Waals surface area contributed by atoms with Crippen LogP contribution < -0.4 is 5.32 Å². The lowest BCUT2D eigenvalue weighted by Gasteiger charge is -2.32. The van der Waals surface area contributed by atoms with Crippen molar-refractivity contribution < 1.29 is 0 Å². The average molecular weight is 254 g/mol. The second kappa shape index (κ2) is 6.44. The van der Waals surface area contributed by atoms with Crippen LogP contribution in [0.15, 0.2) is 6.20 Å². The number of hydrogen-bond donors (Lipinski definition) is 1. The molecule has 1 fully saturated rings. The minimum Gasteiger partial charge on any atom is -0.311 e. The molecule has 1 aliphatic heterocycles. The van der Waals surface area contributed by atoms with E-state index in [1.807, 2.05) is 6.20 Å². The predicted molar refractivity (Wildman–Crippen MR) is 72.5 cm³/mol. The van der Waals surface area contributed by atoms with Gasteiger partial charge in [-0.3, -0.25) is 4.90 Å². The highest BCUT2D eigenvalue weighted by Gasteiger charge is 2.12. The molecule has 2 rings (SSSR count). The van der Waals surface area contributed by atoms with Crippen molar-refractivity contribution in [2.45, 2.75) is 13.5 Å². The summed E-state index contributed by atoms with van der Waals surface area (Å²) in [6.07, 6.45) is 1.98. The molecule has 1 aliphatic rings. The van der Waals surface area contributed by atoms with E-state index in [9.17, 15) is 0 Å². The smallest absolute Gasteiger partial charge is 0.0897 e. The van der Waals surface area contributed by atoms with Gasteiger partial charge >= 0.3 is 0 Å². The quantitative estimate of drug-likeness (QED) is 0.787. The Kier molecular flexibility index (Phi) is 4.91. The molecule has 1 saturated heterocycles. The zero-order valence-corrected chi connectivity index (χ0v) is 11.6. The van der Waals surface area contributed by atoms with Crippen LogP contribution in [0.3, 0.4) is 0 Å². The summed E-state index contributed by atoms with van der Waals surface area (Å²) in [4.78, 5) is 10.5. The predicted octanol–water partition coefficient (Wildman–Crippen LogP) is 0.789. The number of aromatic nitrogens is 1. The minimum atomic E-state index is 0.958. The second-order valence-corrected chi connectivity index (χ2v) is 5.99. The van der Waals surface area contributed by atoms with Crippen molar-refractivity contribution in [1.29, 1.82) is 0 Å². The Hall–Kier alpha value is -0.490. The summed E-state index contributed by atoms with van der Waals surface area (Å²) in [5, 5.41) is 4.64. The highest BCUT2D eigenvalue weighted by Crippen LogP contribution is 2.10. The normalized spacial score (nSPS) is 18.7. The molecule has 1 aromatic heterocycles. The lowest BCUT2D eigenvalue weighted by molar-refractivity contribution is 0.154. The highest BCUT2D eigenvalue weighted by atomic mass is 32.1. The van der Waals surface area contributed by atoms with Crippen LogP contribution >= 0.6 is 11.3 Å². The molecule has 0 saturated carbocycles. The van der Waals surface area contributed by atoms with Gasteiger partial charge in [0.2, 0.25) is 0 Å². The van der Waals surface area contributed by atoms with E-state index in [2.05, 4.69) is 34.1 Å². The minimum absolute atomic E-state index is 0.958. The van der Waals surface area contributed by atoms with Crippen molar-refractivity contribution in [2.24, 2.45) is 0 Å². The molecule has 1 N–H and O–H groups in total. The number of likely N-dealkylation sites (N-methyl/N-ethyl adjacent to an activating group) is 1. The summed E-state index contributed by atoms with van der Waals surface area (Å²) < 4.78 is 0. The molecule has 0 aliphatic carbocycles. The number of thiazole rings is 1. The summed E-state index contributed by atoms with van der Waals surface area (Å²) in [6, 6.07) is 0. The average Bonchev–Trinajstić information content (AvgIpc) is 2.73. The fourth-order valence-corrected chi connectivity index (χ4v) is 2.77. The van der Waals surface area contributed by atoms with Crippen molar-refractivity contribution in [2.75, 3.05) is 46.3 Å². The zero-order valence-electron chi connectivity index (χ0n) is 10.8. The van der Waals surface area contributed by atoms with Crippen LogP contribution in [0.4, 0.5) is 0 Å². The lowest BCUT2D eigenvalue weighted by atomic mass is 10.3. The van der Waals surface area contributed by atoms with Gasteiger partial charge in [0.25, 0.3) is 0 Å². The van der Waals surface area contributed by atoms with Crippen LogP contribution in [-0.2, 0) is 6.54 Å². The fourth-order valence-electron chi connectivity index (χ4n) is 2.01. The van der Waals surface area contributed by atoms with Gasteiger partial charge in [0, 0.05) is 56.9 Å². The molecule has 0 atom stereocenters. The Morgan fingerprint density at radius 3 is 2.76 bits per heavy atom. The molecule has 96 valence electrons. The summed E-state index contributed by atoms with van der Waals surface area (Å²) in [7, 11) is 2.20. The standard InChI is InChI=1S/C12H22N4S/c1-11-14-10-12(17-11)9-13-3-4-16-7-5-15(2)6-8-16/h10,13H,3-9H2,1-2H3. The van der Waals surface area contributed by atoms with Crippen LogP contribution in [-0.4, -0.2) is 61.1 Å². The van der Waals surface area contributed by atoms with Gasteiger partial charge in [-0.25, -0.2) is 4.98 Å². The van der Waals surface area contributed by atoms with Crippen LogP contribution in [0.2, 0.25) is 0 Å². The molecule has 0 unspecified atom stereocenters. The molecule has 2 heterocycles. The van der Waals surface area contributed by atoms with Crippen LogP contribution in [0.5, 0.6) is 0 Å². The molecule has 0 bridgehead atoms. The van der Waals surface area contributed by atoms with Crippen LogP contribution in [0.1, 0.15) is 9.88 Å². The third-order valence-electron chi connectivity index (χ3n) is 3.17. The van der Waals surface area contributed by atoms with E-state index in [1.54, 1.807) is 11.3 Å².